The molecule has 0 amide bonds. The lowest BCUT2D eigenvalue weighted by Gasteiger charge is -2.10. The topological polar surface area (TPSA) is 22.1 Å². The van der Waals surface area contributed by atoms with E-state index < -0.39 is 0 Å². The Morgan fingerprint density at radius 1 is 1.04 bits per heavy atom. The Morgan fingerprint density at radius 2 is 1.83 bits per heavy atom. The average Bonchev–Trinajstić information content (AvgIpc) is 2.58. The Bertz CT molecular complexity index is 612. The molecule has 3 heteroatoms. The van der Waals surface area contributed by atoms with Crippen LogP contribution in [0.2, 0.25) is 0 Å². The van der Waals surface area contributed by atoms with Crippen LogP contribution in [0.5, 0.6) is 5.75 Å². The number of benzene rings is 1. The van der Waals surface area contributed by atoms with Crippen LogP contribution in [0.3, 0.4) is 0 Å². The van der Waals surface area contributed by atoms with Crippen LogP contribution in [0.4, 0.5) is 4.39 Å². The molecule has 1 heterocycles. The molecule has 2 aromatic rings. The maximum Gasteiger partial charge on any atom is 0.165 e. The molecule has 0 atom stereocenters. The van der Waals surface area contributed by atoms with Crippen molar-refractivity contribution in [1.82, 2.24) is 4.98 Å². The predicted molar refractivity (Wildman–Crippen MR) is 93.3 cm³/mol. The van der Waals surface area contributed by atoms with E-state index in [0.29, 0.717) is 0 Å². The van der Waals surface area contributed by atoms with Gasteiger partial charge in [-0.3, -0.25) is 4.98 Å². The van der Waals surface area contributed by atoms with Gasteiger partial charge in [-0.05, 0) is 42.7 Å². The number of unbranched alkanes of at least 4 members (excludes halogenated alkanes) is 5. The molecule has 0 bridgehead atoms. The van der Waals surface area contributed by atoms with Gasteiger partial charge in [0, 0.05) is 11.8 Å². The summed E-state index contributed by atoms with van der Waals surface area (Å²) in [5.41, 5.74) is 2.88. The molecule has 0 fully saturated rings. The molecule has 0 N–H and O–H groups in total. The van der Waals surface area contributed by atoms with Crippen molar-refractivity contribution < 1.29 is 9.13 Å². The van der Waals surface area contributed by atoms with Gasteiger partial charge in [0.05, 0.1) is 12.8 Å². The molecule has 2 nitrogen and oxygen atoms in total. The van der Waals surface area contributed by atoms with E-state index in [0.717, 1.165) is 24.1 Å². The minimum Gasteiger partial charge on any atom is -0.494 e. The maximum absolute atomic E-state index is 13.9. The Kier molecular flexibility index (Phi) is 7.05. The lowest BCUT2D eigenvalue weighted by Crippen LogP contribution is -1.95. The first-order valence-electron chi connectivity index (χ1n) is 8.54. The van der Waals surface area contributed by atoms with Crippen molar-refractivity contribution in [2.75, 3.05) is 7.11 Å². The van der Waals surface area contributed by atoms with E-state index in [-0.39, 0.29) is 11.6 Å². The second-order valence-electron chi connectivity index (χ2n) is 5.88. The molecular formula is C20H26FNO. The second kappa shape index (κ2) is 9.29. The lowest BCUT2D eigenvalue weighted by molar-refractivity contribution is 0.386. The van der Waals surface area contributed by atoms with Gasteiger partial charge in [0.2, 0.25) is 0 Å². The normalized spacial score (nSPS) is 10.7. The monoisotopic (exact) mass is 315 g/mol. The molecule has 0 aliphatic carbocycles. The standard InChI is InChI=1S/C20H26FNO/c1-3-4-5-6-7-8-10-16-11-9-14-22-20(16)17-12-13-19(23-2)18(21)15-17/h9,11-15H,3-8,10H2,1-2H3. The van der Waals surface area contributed by atoms with Gasteiger partial charge in [-0.2, -0.15) is 0 Å². The molecule has 124 valence electrons. The van der Waals surface area contributed by atoms with Crippen LogP contribution in [0.25, 0.3) is 11.3 Å². The zero-order chi connectivity index (χ0) is 16.5. The van der Waals surface area contributed by atoms with Gasteiger partial charge >= 0.3 is 0 Å². The number of hydrogen-bond donors (Lipinski definition) is 0. The summed E-state index contributed by atoms with van der Waals surface area (Å²) < 4.78 is 18.9. The summed E-state index contributed by atoms with van der Waals surface area (Å²) in [6.45, 7) is 2.23. The largest absolute Gasteiger partial charge is 0.494 e. The highest BCUT2D eigenvalue weighted by atomic mass is 19.1. The number of aromatic nitrogens is 1. The SMILES string of the molecule is CCCCCCCCc1cccnc1-c1ccc(OC)c(F)c1. The zero-order valence-corrected chi connectivity index (χ0v) is 14.1. The molecule has 1 aromatic heterocycles. The third-order valence-corrected chi connectivity index (χ3v) is 4.12. The third kappa shape index (κ3) is 5.05. The van der Waals surface area contributed by atoms with E-state index in [1.54, 1.807) is 12.3 Å². The van der Waals surface area contributed by atoms with Crippen LogP contribution in [0.1, 0.15) is 51.0 Å². The minimum absolute atomic E-state index is 0.266. The Hall–Kier alpha value is -1.90. The Labute approximate surface area is 138 Å². The first-order chi connectivity index (χ1) is 11.3. The number of pyridine rings is 1. The summed E-state index contributed by atoms with van der Waals surface area (Å²) in [7, 11) is 1.48. The molecule has 0 aliphatic rings. The van der Waals surface area contributed by atoms with Crippen molar-refractivity contribution in [1.29, 1.82) is 0 Å². The van der Waals surface area contributed by atoms with Gasteiger partial charge in [-0.25, -0.2) is 4.39 Å². The summed E-state index contributed by atoms with van der Waals surface area (Å²) in [5, 5.41) is 0. The van der Waals surface area contributed by atoms with Crippen molar-refractivity contribution >= 4 is 0 Å². The molecule has 1 aromatic carbocycles. The molecule has 2 rings (SSSR count). The van der Waals surface area contributed by atoms with Crippen LogP contribution in [0.15, 0.2) is 36.5 Å². The fraction of sp³-hybridized carbons (Fsp3) is 0.450. The number of rotatable bonds is 9. The smallest absolute Gasteiger partial charge is 0.165 e. The predicted octanol–water partition coefficient (Wildman–Crippen LogP) is 5.80. The van der Waals surface area contributed by atoms with Crippen LogP contribution in [-0.2, 0) is 6.42 Å². The number of aryl methyl sites for hydroxylation is 1. The quantitative estimate of drug-likeness (QED) is 0.546. The van der Waals surface area contributed by atoms with Crippen molar-refractivity contribution in [3.8, 4) is 17.0 Å². The van der Waals surface area contributed by atoms with Gasteiger partial charge in [-0.15, -0.1) is 0 Å². The summed E-state index contributed by atoms with van der Waals surface area (Å²) in [6.07, 6.45) is 10.4. The number of methoxy groups -OCH3 is 1. The number of hydrogen-bond acceptors (Lipinski definition) is 2. The van der Waals surface area contributed by atoms with Crippen molar-refractivity contribution in [3.63, 3.8) is 0 Å². The van der Waals surface area contributed by atoms with E-state index in [4.69, 9.17) is 4.74 Å². The van der Waals surface area contributed by atoms with Crippen LogP contribution in [-0.4, -0.2) is 12.1 Å². The molecule has 0 saturated carbocycles. The summed E-state index contributed by atoms with van der Waals surface area (Å²) in [5.74, 6) is -0.0803. The molecule has 0 radical (unpaired) electrons. The Morgan fingerprint density at radius 3 is 2.57 bits per heavy atom. The highest BCUT2D eigenvalue weighted by Crippen LogP contribution is 2.27. The second-order valence-corrected chi connectivity index (χ2v) is 5.88. The fourth-order valence-corrected chi connectivity index (χ4v) is 2.81. The highest BCUT2D eigenvalue weighted by Gasteiger charge is 2.10. The number of halogens is 1. The fourth-order valence-electron chi connectivity index (χ4n) is 2.81. The maximum atomic E-state index is 13.9. The molecule has 0 saturated heterocycles. The number of ether oxygens (including phenoxy) is 1. The molecule has 0 spiro atoms. The average molecular weight is 315 g/mol. The highest BCUT2D eigenvalue weighted by molar-refractivity contribution is 5.64. The molecule has 0 unspecified atom stereocenters. The molecule has 0 aliphatic heterocycles. The number of nitrogens with zero attached hydrogens (tertiary/aromatic N) is 1. The van der Waals surface area contributed by atoms with Crippen LogP contribution < -0.4 is 4.74 Å². The first-order valence-corrected chi connectivity index (χ1v) is 8.54. The van der Waals surface area contributed by atoms with E-state index in [2.05, 4.69) is 18.0 Å². The van der Waals surface area contributed by atoms with Crippen molar-refractivity contribution in [2.45, 2.75) is 51.9 Å². The van der Waals surface area contributed by atoms with Gasteiger partial charge in [0.1, 0.15) is 0 Å². The van der Waals surface area contributed by atoms with E-state index in [9.17, 15) is 4.39 Å². The first kappa shape index (κ1) is 17.5. The van der Waals surface area contributed by atoms with Gasteiger partial charge in [-0.1, -0.05) is 45.1 Å². The van der Waals surface area contributed by atoms with E-state index >= 15 is 0 Å². The third-order valence-electron chi connectivity index (χ3n) is 4.12. The zero-order valence-electron chi connectivity index (χ0n) is 14.1. The van der Waals surface area contributed by atoms with Crippen LogP contribution in [0, 0.1) is 5.82 Å². The van der Waals surface area contributed by atoms with Gasteiger partial charge in [0.25, 0.3) is 0 Å². The van der Waals surface area contributed by atoms with Crippen LogP contribution >= 0.6 is 0 Å². The lowest BCUT2D eigenvalue weighted by atomic mass is 10.00. The summed E-state index contributed by atoms with van der Waals surface area (Å²) in [4.78, 5) is 4.47. The van der Waals surface area contributed by atoms with E-state index in [1.165, 1.54) is 50.8 Å². The van der Waals surface area contributed by atoms with Crippen molar-refractivity contribution in [3.05, 3.63) is 47.9 Å². The molecule has 23 heavy (non-hydrogen) atoms. The summed E-state index contributed by atoms with van der Waals surface area (Å²) >= 11 is 0. The molecular weight excluding hydrogens is 289 g/mol. The summed E-state index contributed by atoms with van der Waals surface area (Å²) in [6, 6.07) is 9.08. The van der Waals surface area contributed by atoms with Crippen molar-refractivity contribution in [2.24, 2.45) is 0 Å². The van der Waals surface area contributed by atoms with Gasteiger partial charge in [0.15, 0.2) is 11.6 Å². The van der Waals surface area contributed by atoms with E-state index in [1.807, 2.05) is 12.1 Å². The Balaban J connectivity index is 2.04. The van der Waals surface area contributed by atoms with Gasteiger partial charge < -0.3 is 4.74 Å². The minimum atomic E-state index is -0.346.